The topological polar surface area (TPSA) is 22.1 Å². The highest BCUT2D eigenvalue weighted by atomic mass is 35.5. The highest BCUT2D eigenvalue weighted by molar-refractivity contribution is 6.30. The Morgan fingerprint density at radius 2 is 1.92 bits per heavy atom. The third-order valence-electron chi connectivity index (χ3n) is 1.99. The van der Waals surface area contributed by atoms with Gasteiger partial charge in [0, 0.05) is 11.1 Å². The van der Waals surface area contributed by atoms with Crippen LogP contribution in [0.4, 0.5) is 0 Å². The second kappa shape index (κ2) is 4.16. The van der Waals surface area contributed by atoms with E-state index in [9.17, 15) is 0 Å². The number of methoxy groups -OCH3 is 1. The van der Waals surface area contributed by atoms with Gasteiger partial charge in [-0.1, -0.05) is 11.6 Å². The molecule has 0 aliphatic carbocycles. The largest absolute Gasteiger partial charge is 0.496 e. The first-order valence-corrected chi connectivity index (χ1v) is 4.78. The van der Waals surface area contributed by atoms with Crippen LogP contribution in [0, 0.1) is 13.8 Å². The molecule has 13 heavy (non-hydrogen) atoms. The molecule has 0 aromatic carbocycles. The smallest absolute Gasteiger partial charge is 0.136 e. The van der Waals surface area contributed by atoms with Gasteiger partial charge in [0.1, 0.15) is 10.9 Å². The molecule has 0 amide bonds. The third kappa shape index (κ3) is 1.89. The average molecular weight is 220 g/mol. The van der Waals surface area contributed by atoms with Crippen molar-refractivity contribution in [3.05, 3.63) is 22.0 Å². The molecule has 0 atom stereocenters. The van der Waals surface area contributed by atoms with Gasteiger partial charge < -0.3 is 4.74 Å². The first-order chi connectivity index (χ1) is 6.11. The normalized spacial score (nSPS) is 10.2. The van der Waals surface area contributed by atoms with Crippen molar-refractivity contribution in [2.75, 3.05) is 7.11 Å². The molecule has 0 aliphatic heterocycles. The van der Waals surface area contributed by atoms with Gasteiger partial charge in [0.15, 0.2) is 0 Å². The second-order valence-corrected chi connectivity index (χ2v) is 3.39. The molecule has 0 N–H and O–H groups in total. The number of nitrogens with zero attached hydrogens (tertiary/aromatic N) is 1. The minimum absolute atomic E-state index is 0.349. The zero-order valence-corrected chi connectivity index (χ0v) is 9.33. The summed E-state index contributed by atoms with van der Waals surface area (Å²) in [5.41, 5.74) is 2.59. The maximum absolute atomic E-state index is 5.90. The van der Waals surface area contributed by atoms with Crippen LogP contribution in [0.5, 0.6) is 5.75 Å². The highest BCUT2D eigenvalue weighted by Gasteiger charge is 2.12. The Balaban J connectivity index is 3.39. The number of alkyl halides is 1. The van der Waals surface area contributed by atoms with Crippen LogP contribution in [-0.4, -0.2) is 12.1 Å². The highest BCUT2D eigenvalue weighted by Crippen LogP contribution is 2.30. The summed E-state index contributed by atoms with van der Waals surface area (Å²) in [6.07, 6.45) is 0. The van der Waals surface area contributed by atoms with E-state index in [-0.39, 0.29) is 0 Å². The molecule has 0 saturated carbocycles. The van der Waals surface area contributed by atoms with Gasteiger partial charge in [0.25, 0.3) is 0 Å². The molecule has 0 radical (unpaired) electrons. The van der Waals surface area contributed by atoms with E-state index in [1.54, 1.807) is 7.11 Å². The molecule has 2 nitrogen and oxygen atoms in total. The van der Waals surface area contributed by atoms with Crippen molar-refractivity contribution in [1.82, 2.24) is 4.98 Å². The number of halogens is 2. The van der Waals surface area contributed by atoms with Crippen molar-refractivity contribution in [3.8, 4) is 5.75 Å². The van der Waals surface area contributed by atoms with E-state index >= 15 is 0 Å². The second-order valence-electron chi connectivity index (χ2n) is 2.77. The molecule has 72 valence electrons. The fourth-order valence-electron chi connectivity index (χ4n) is 1.23. The molecular weight excluding hydrogens is 209 g/mol. The maximum Gasteiger partial charge on any atom is 0.136 e. The standard InChI is InChI=1S/C9H11Cl2NO/c1-5-7(4-10)12-9(11)6(2)8(5)13-3/h4H2,1-3H3. The minimum atomic E-state index is 0.349. The molecule has 0 spiro atoms. The van der Waals surface area contributed by atoms with Crippen LogP contribution in [0.3, 0.4) is 0 Å². The Morgan fingerprint density at radius 3 is 2.38 bits per heavy atom. The molecule has 0 fully saturated rings. The van der Waals surface area contributed by atoms with Gasteiger partial charge in [-0.2, -0.15) is 0 Å². The molecular formula is C9H11Cl2NO. The van der Waals surface area contributed by atoms with Gasteiger partial charge in [0.05, 0.1) is 18.7 Å². The Bertz CT molecular complexity index is 326. The van der Waals surface area contributed by atoms with E-state index in [0.717, 1.165) is 22.6 Å². The van der Waals surface area contributed by atoms with E-state index < -0.39 is 0 Å². The van der Waals surface area contributed by atoms with Crippen LogP contribution in [0.2, 0.25) is 5.15 Å². The first-order valence-electron chi connectivity index (χ1n) is 3.87. The third-order valence-corrected chi connectivity index (χ3v) is 2.61. The molecule has 4 heteroatoms. The molecule has 0 saturated heterocycles. The SMILES string of the molecule is COc1c(C)c(Cl)nc(CCl)c1C. The van der Waals surface area contributed by atoms with Crippen molar-refractivity contribution in [2.24, 2.45) is 0 Å². The van der Waals surface area contributed by atoms with Gasteiger partial charge in [-0.15, -0.1) is 11.6 Å². The minimum Gasteiger partial charge on any atom is -0.496 e. The zero-order chi connectivity index (χ0) is 10.0. The van der Waals surface area contributed by atoms with E-state index in [4.69, 9.17) is 27.9 Å². The van der Waals surface area contributed by atoms with E-state index in [2.05, 4.69) is 4.98 Å². The van der Waals surface area contributed by atoms with Crippen LogP contribution in [0.25, 0.3) is 0 Å². The maximum atomic E-state index is 5.90. The van der Waals surface area contributed by atoms with E-state index in [1.165, 1.54) is 0 Å². The summed E-state index contributed by atoms with van der Waals surface area (Å²) in [5.74, 6) is 1.12. The van der Waals surface area contributed by atoms with Crippen molar-refractivity contribution >= 4 is 23.2 Å². The summed E-state index contributed by atoms with van der Waals surface area (Å²) in [6, 6.07) is 0. The van der Waals surface area contributed by atoms with Crippen molar-refractivity contribution in [1.29, 1.82) is 0 Å². The Morgan fingerprint density at radius 1 is 1.31 bits per heavy atom. The lowest BCUT2D eigenvalue weighted by Gasteiger charge is -2.11. The number of ether oxygens (including phenoxy) is 1. The average Bonchev–Trinajstić information content (AvgIpc) is 2.12. The van der Waals surface area contributed by atoms with Crippen LogP contribution in [0.1, 0.15) is 16.8 Å². The van der Waals surface area contributed by atoms with E-state index in [1.807, 2.05) is 13.8 Å². The molecule has 1 heterocycles. The molecule has 1 rings (SSSR count). The summed E-state index contributed by atoms with van der Waals surface area (Å²) in [7, 11) is 1.61. The van der Waals surface area contributed by atoms with Crippen LogP contribution in [-0.2, 0) is 5.88 Å². The molecule has 0 aliphatic rings. The molecule has 1 aromatic heterocycles. The molecule has 1 aromatic rings. The van der Waals surface area contributed by atoms with Gasteiger partial charge >= 0.3 is 0 Å². The lowest BCUT2D eigenvalue weighted by atomic mass is 10.1. The first kappa shape index (κ1) is 10.6. The van der Waals surface area contributed by atoms with Crippen LogP contribution < -0.4 is 4.74 Å². The number of rotatable bonds is 2. The van der Waals surface area contributed by atoms with Crippen molar-refractivity contribution in [3.63, 3.8) is 0 Å². The quantitative estimate of drug-likeness (QED) is 0.564. The molecule has 0 unspecified atom stereocenters. The van der Waals surface area contributed by atoms with Gasteiger partial charge in [-0.25, -0.2) is 4.98 Å². The summed E-state index contributed by atoms with van der Waals surface area (Å²) in [6.45, 7) is 3.80. The van der Waals surface area contributed by atoms with Gasteiger partial charge in [0.2, 0.25) is 0 Å². The summed E-state index contributed by atoms with van der Waals surface area (Å²) in [5, 5.41) is 0.457. The summed E-state index contributed by atoms with van der Waals surface area (Å²) >= 11 is 11.6. The predicted octanol–water partition coefficient (Wildman–Crippen LogP) is 3.10. The predicted molar refractivity (Wildman–Crippen MR) is 54.8 cm³/mol. The summed E-state index contributed by atoms with van der Waals surface area (Å²) in [4.78, 5) is 4.15. The van der Waals surface area contributed by atoms with Gasteiger partial charge in [-0.3, -0.25) is 0 Å². The van der Waals surface area contributed by atoms with Gasteiger partial charge in [-0.05, 0) is 13.8 Å². The van der Waals surface area contributed by atoms with Crippen LogP contribution >= 0.6 is 23.2 Å². The number of hydrogen-bond donors (Lipinski definition) is 0. The Kier molecular flexibility index (Phi) is 3.40. The number of aromatic nitrogens is 1. The number of hydrogen-bond acceptors (Lipinski definition) is 2. The lowest BCUT2D eigenvalue weighted by molar-refractivity contribution is 0.407. The number of pyridine rings is 1. The van der Waals surface area contributed by atoms with Crippen molar-refractivity contribution < 1.29 is 4.74 Å². The zero-order valence-electron chi connectivity index (χ0n) is 7.82. The fraction of sp³-hybridized carbons (Fsp3) is 0.444. The monoisotopic (exact) mass is 219 g/mol. The van der Waals surface area contributed by atoms with Crippen LogP contribution in [0.15, 0.2) is 0 Å². The lowest BCUT2D eigenvalue weighted by Crippen LogP contribution is -1.99. The van der Waals surface area contributed by atoms with E-state index in [0.29, 0.717) is 11.0 Å². The summed E-state index contributed by atoms with van der Waals surface area (Å²) < 4.78 is 5.22. The molecule has 0 bridgehead atoms. The fourth-order valence-corrected chi connectivity index (χ4v) is 1.68. The Hall–Kier alpha value is -0.470. The Labute approximate surface area is 87.8 Å². The van der Waals surface area contributed by atoms with Crippen molar-refractivity contribution in [2.45, 2.75) is 19.7 Å².